The van der Waals surface area contributed by atoms with Crippen molar-refractivity contribution in [3.05, 3.63) is 90.9 Å². The number of unbranched alkanes of at least 4 members (excludes halogenated alkanes) is 1. The molecule has 1 atom stereocenters. The van der Waals surface area contributed by atoms with E-state index in [-0.39, 0.29) is 0 Å². The molecule has 29 heavy (non-hydrogen) atoms. The van der Waals surface area contributed by atoms with Crippen LogP contribution in [-0.4, -0.2) is 16.1 Å². The van der Waals surface area contributed by atoms with Gasteiger partial charge in [-0.05, 0) is 60.9 Å². The van der Waals surface area contributed by atoms with E-state index in [1.807, 2.05) is 6.08 Å². The Morgan fingerprint density at radius 3 is 2.55 bits per heavy atom. The van der Waals surface area contributed by atoms with E-state index in [0.29, 0.717) is 6.42 Å². The summed E-state index contributed by atoms with van der Waals surface area (Å²) >= 11 is 0. The quantitative estimate of drug-likeness (QED) is 0.290. The van der Waals surface area contributed by atoms with Crippen molar-refractivity contribution in [1.82, 2.24) is 9.97 Å². The zero-order valence-electron chi connectivity index (χ0n) is 16.9. The minimum atomic E-state index is -0.737. The number of hydrogen-bond donors (Lipinski definition) is 0. The van der Waals surface area contributed by atoms with Gasteiger partial charge in [0, 0.05) is 18.0 Å². The number of aromatic nitrogens is 2. The van der Waals surface area contributed by atoms with Crippen molar-refractivity contribution in [2.24, 2.45) is 0 Å². The maximum Gasteiger partial charge on any atom is 0.0973 e. The lowest BCUT2D eigenvalue weighted by Crippen LogP contribution is -1.91. The van der Waals surface area contributed by atoms with Crippen LogP contribution in [0.15, 0.2) is 79.8 Å². The van der Waals surface area contributed by atoms with E-state index >= 15 is 0 Å². The normalized spacial score (nSPS) is 12.2. The first-order valence-corrected chi connectivity index (χ1v) is 10.1. The van der Waals surface area contributed by atoms with Crippen molar-refractivity contribution in [3.8, 4) is 22.4 Å². The standard InChI is InChI=1S/C26H27FN2/c1-3-7-21-10-12-23(13-11-21)25-18-24(26-19-28-16-17-29-26)15-14-22(25)9-6-4-5-8-20(2)27/h3,6,9-20H,1,4-5,7-8H2,2H3. The van der Waals surface area contributed by atoms with Crippen LogP contribution in [0.1, 0.15) is 37.3 Å². The largest absolute Gasteiger partial charge is 0.261 e. The van der Waals surface area contributed by atoms with Crippen LogP contribution in [0.4, 0.5) is 4.39 Å². The molecule has 2 aromatic carbocycles. The molecule has 0 saturated carbocycles. The van der Waals surface area contributed by atoms with E-state index < -0.39 is 6.17 Å². The molecule has 1 unspecified atom stereocenters. The minimum Gasteiger partial charge on any atom is -0.261 e. The van der Waals surface area contributed by atoms with Crippen LogP contribution in [0.25, 0.3) is 28.5 Å². The zero-order valence-corrected chi connectivity index (χ0v) is 16.9. The molecule has 1 aromatic heterocycles. The molecule has 0 aliphatic rings. The third-order valence-electron chi connectivity index (χ3n) is 4.83. The number of allylic oxidation sites excluding steroid dienone is 2. The van der Waals surface area contributed by atoms with Crippen LogP contribution in [0.5, 0.6) is 0 Å². The van der Waals surface area contributed by atoms with Crippen molar-refractivity contribution in [3.63, 3.8) is 0 Å². The van der Waals surface area contributed by atoms with Crippen molar-refractivity contribution in [2.75, 3.05) is 0 Å². The van der Waals surface area contributed by atoms with Crippen LogP contribution in [0.2, 0.25) is 0 Å². The lowest BCUT2D eigenvalue weighted by Gasteiger charge is -2.11. The monoisotopic (exact) mass is 386 g/mol. The Morgan fingerprint density at radius 2 is 1.86 bits per heavy atom. The highest BCUT2D eigenvalue weighted by Crippen LogP contribution is 2.30. The average Bonchev–Trinajstić information content (AvgIpc) is 2.75. The SMILES string of the molecule is C=CCc1ccc(-c2cc(-c3cnccn3)ccc2C=CCCCC(C)F)cc1. The van der Waals surface area contributed by atoms with Gasteiger partial charge < -0.3 is 0 Å². The molecule has 0 N–H and O–H groups in total. The first-order chi connectivity index (χ1) is 14.2. The predicted molar refractivity (Wildman–Crippen MR) is 120 cm³/mol. The van der Waals surface area contributed by atoms with Gasteiger partial charge in [0.25, 0.3) is 0 Å². The molecule has 3 heteroatoms. The molecule has 0 radical (unpaired) electrons. The molecule has 0 bridgehead atoms. The number of hydrogen-bond acceptors (Lipinski definition) is 2. The highest BCUT2D eigenvalue weighted by Gasteiger charge is 2.08. The van der Waals surface area contributed by atoms with Crippen LogP contribution in [-0.2, 0) is 6.42 Å². The van der Waals surface area contributed by atoms with Crippen molar-refractivity contribution in [2.45, 2.75) is 38.8 Å². The number of halogens is 1. The Labute approximate surface area is 172 Å². The summed E-state index contributed by atoms with van der Waals surface area (Å²) in [6, 6.07) is 14.9. The zero-order chi connectivity index (χ0) is 20.5. The highest BCUT2D eigenvalue weighted by molar-refractivity contribution is 5.80. The number of benzene rings is 2. The lowest BCUT2D eigenvalue weighted by molar-refractivity contribution is 0.335. The minimum absolute atomic E-state index is 0.605. The fourth-order valence-corrected chi connectivity index (χ4v) is 3.27. The Balaban J connectivity index is 1.92. The van der Waals surface area contributed by atoms with E-state index in [9.17, 15) is 4.39 Å². The molecule has 0 aliphatic heterocycles. The molecule has 148 valence electrons. The number of nitrogens with zero attached hydrogens (tertiary/aromatic N) is 2. The maximum atomic E-state index is 13.0. The molecular weight excluding hydrogens is 359 g/mol. The summed E-state index contributed by atoms with van der Waals surface area (Å²) in [5.41, 5.74) is 6.57. The molecule has 0 spiro atoms. The molecule has 1 heterocycles. The van der Waals surface area contributed by atoms with Gasteiger partial charge in [-0.1, -0.05) is 54.6 Å². The van der Waals surface area contributed by atoms with Gasteiger partial charge >= 0.3 is 0 Å². The predicted octanol–water partition coefficient (Wildman–Crippen LogP) is 7.08. The van der Waals surface area contributed by atoms with Gasteiger partial charge in [-0.15, -0.1) is 6.58 Å². The van der Waals surface area contributed by atoms with Crippen LogP contribution in [0.3, 0.4) is 0 Å². The Hall–Kier alpha value is -3.07. The van der Waals surface area contributed by atoms with E-state index in [2.05, 4.69) is 71.2 Å². The molecule has 2 nitrogen and oxygen atoms in total. The van der Waals surface area contributed by atoms with Gasteiger partial charge in [0.1, 0.15) is 0 Å². The van der Waals surface area contributed by atoms with Gasteiger partial charge in [0.05, 0.1) is 18.1 Å². The van der Waals surface area contributed by atoms with E-state index in [1.54, 1.807) is 25.5 Å². The second-order valence-corrected chi connectivity index (χ2v) is 7.20. The van der Waals surface area contributed by atoms with Crippen molar-refractivity contribution >= 4 is 6.08 Å². The van der Waals surface area contributed by atoms with E-state index in [0.717, 1.165) is 47.2 Å². The Bertz CT molecular complexity index is 944. The second kappa shape index (κ2) is 10.5. The third kappa shape index (κ3) is 5.95. The van der Waals surface area contributed by atoms with E-state index in [1.165, 1.54) is 5.56 Å². The molecule has 0 saturated heterocycles. The number of alkyl halides is 1. The van der Waals surface area contributed by atoms with Gasteiger partial charge in [-0.25, -0.2) is 4.39 Å². The first-order valence-electron chi connectivity index (χ1n) is 10.1. The summed E-state index contributed by atoms with van der Waals surface area (Å²) in [6.07, 6.45) is 13.8. The molecule has 3 aromatic rings. The first kappa shape index (κ1) is 20.7. The third-order valence-corrected chi connectivity index (χ3v) is 4.83. The fourth-order valence-electron chi connectivity index (χ4n) is 3.27. The summed E-state index contributed by atoms with van der Waals surface area (Å²) in [5.74, 6) is 0. The van der Waals surface area contributed by atoms with Crippen LogP contribution < -0.4 is 0 Å². The molecule has 3 rings (SSSR count). The summed E-state index contributed by atoms with van der Waals surface area (Å²) in [6.45, 7) is 5.42. The van der Waals surface area contributed by atoms with Gasteiger partial charge in [-0.3, -0.25) is 9.97 Å². The molecule has 0 fully saturated rings. The Kier molecular flexibility index (Phi) is 7.46. The van der Waals surface area contributed by atoms with Crippen LogP contribution in [0, 0.1) is 0 Å². The molecular formula is C26H27FN2. The van der Waals surface area contributed by atoms with Gasteiger partial charge in [0.15, 0.2) is 0 Å². The summed E-state index contributed by atoms with van der Waals surface area (Å²) in [5, 5.41) is 0. The van der Waals surface area contributed by atoms with Crippen molar-refractivity contribution in [1.29, 1.82) is 0 Å². The summed E-state index contributed by atoms with van der Waals surface area (Å²) in [4.78, 5) is 8.61. The Morgan fingerprint density at radius 1 is 1.07 bits per heavy atom. The van der Waals surface area contributed by atoms with Gasteiger partial charge in [-0.2, -0.15) is 0 Å². The maximum absolute atomic E-state index is 13.0. The van der Waals surface area contributed by atoms with E-state index in [4.69, 9.17) is 0 Å². The molecule has 0 aliphatic carbocycles. The summed E-state index contributed by atoms with van der Waals surface area (Å²) in [7, 11) is 0. The van der Waals surface area contributed by atoms with Gasteiger partial charge in [0.2, 0.25) is 0 Å². The number of rotatable bonds is 9. The summed E-state index contributed by atoms with van der Waals surface area (Å²) < 4.78 is 13.0. The highest BCUT2D eigenvalue weighted by atomic mass is 19.1. The average molecular weight is 387 g/mol. The topological polar surface area (TPSA) is 25.8 Å². The second-order valence-electron chi connectivity index (χ2n) is 7.20. The van der Waals surface area contributed by atoms with Crippen molar-refractivity contribution < 1.29 is 4.39 Å². The smallest absolute Gasteiger partial charge is 0.0973 e. The van der Waals surface area contributed by atoms with Crippen LogP contribution >= 0.6 is 0 Å². The fraction of sp³-hybridized carbons (Fsp3) is 0.231. The lowest BCUT2D eigenvalue weighted by atomic mass is 9.94. The molecule has 0 amide bonds.